The van der Waals surface area contributed by atoms with E-state index in [2.05, 4.69) is 5.32 Å². The number of carbonyl (C=O) groups is 1. The quantitative estimate of drug-likeness (QED) is 0.615. The summed E-state index contributed by atoms with van der Waals surface area (Å²) in [6.07, 6.45) is -4.60. The number of para-hydroxylation sites is 1. The van der Waals surface area contributed by atoms with Crippen LogP contribution in [-0.4, -0.2) is 25.9 Å². The summed E-state index contributed by atoms with van der Waals surface area (Å²) in [4.78, 5) is 14.6. The Labute approximate surface area is 185 Å². The van der Waals surface area contributed by atoms with Crippen LogP contribution in [-0.2, 0) is 18.3 Å². The van der Waals surface area contributed by atoms with E-state index < -0.39 is 23.5 Å². The van der Waals surface area contributed by atoms with Gasteiger partial charge in [-0.2, -0.15) is 13.2 Å². The molecule has 4 heterocycles. The number of alkyl halides is 3. The number of furan rings is 1. The van der Waals surface area contributed by atoms with Gasteiger partial charge in [0.25, 0.3) is 0 Å². The number of halogens is 3. The minimum Gasteiger partial charge on any atom is -0.490 e. The van der Waals surface area contributed by atoms with E-state index >= 15 is 0 Å². The smallest absolute Gasteiger partial charge is 0.449 e. The SMILES string of the molecule is O=C1NC2(COc3cc4c(cc32)OCCO4)c2ccccc2N1Cc1ccc(C(F)(F)F)o1. The second-order valence-electron chi connectivity index (χ2n) is 7.98. The maximum Gasteiger partial charge on any atom is 0.449 e. The van der Waals surface area contributed by atoms with Gasteiger partial charge in [0.15, 0.2) is 11.5 Å². The van der Waals surface area contributed by atoms with Crippen molar-refractivity contribution < 1.29 is 36.6 Å². The highest BCUT2D eigenvalue weighted by Gasteiger charge is 2.50. The van der Waals surface area contributed by atoms with Crippen molar-refractivity contribution in [3.63, 3.8) is 0 Å². The van der Waals surface area contributed by atoms with Gasteiger partial charge >= 0.3 is 12.2 Å². The Hall–Kier alpha value is -3.82. The van der Waals surface area contributed by atoms with Crippen LogP contribution in [0.5, 0.6) is 17.2 Å². The summed E-state index contributed by atoms with van der Waals surface area (Å²) >= 11 is 0. The van der Waals surface area contributed by atoms with Gasteiger partial charge in [-0.1, -0.05) is 18.2 Å². The van der Waals surface area contributed by atoms with E-state index in [9.17, 15) is 18.0 Å². The molecule has 33 heavy (non-hydrogen) atoms. The molecule has 2 amide bonds. The Bertz CT molecular complexity index is 1270. The predicted molar refractivity (Wildman–Crippen MR) is 109 cm³/mol. The van der Waals surface area contributed by atoms with Crippen molar-refractivity contribution in [1.29, 1.82) is 0 Å². The van der Waals surface area contributed by atoms with Crippen LogP contribution >= 0.6 is 0 Å². The molecule has 0 radical (unpaired) electrons. The van der Waals surface area contributed by atoms with Crippen LogP contribution in [0.4, 0.5) is 23.7 Å². The lowest BCUT2D eigenvalue weighted by Crippen LogP contribution is -2.57. The number of ether oxygens (including phenoxy) is 3. The van der Waals surface area contributed by atoms with Gasteiger partial charge in [-0.25, -0.2) is 4.79 Å². The van der Waals surface area contributed by atoms with Crippen molar-refractivity contribution in [2.24, 2.45) is 0 Å². The molecule has 1 aromatic heterocycles. The number of anilines is 1. The molecule has 1 atom stereocenters. The number of hydrogen-bond acceptors (Lipinski definition) is 5. The minimum absolute atomic E-state index is 0.0194. The lowest BCUT2D eigenvalue weighted by Gasteiger charge is -2.41. The number of carbonyl (C=O) groups excluding carboxylic acids is 1. The molecule has 170 valence electrons. The van der Waals surface area contributed by atoms with E-state index in [1.165, 1.54) is 11.0 Å². The van der Waals surface area contributed by atoms with Gasteiger partial charge < -0.3 is 23.9 Å². The zero-order chi connectivity index (χ0) is 22.8. The third kappa shape index (κ3) is 3.00. The van der Waals surface area contributed by atoms with Gasteiger partial charge in [-0.05, 0) is 24.3 Å². The standard InChI is InChI=1S/C23H17F3N2O5/c24-23(25,26)20-6-5-13(33-20)11-28-16-4-2-1-3-14(16)22(27-21(28)29)12-32-17-10-19-18(9-15(17)22)30-7-8-31-19/h1-6,9-10H,7-8,11-12H2,(H,27,29). The molecule has 1 unspecified atom stereocenters. The monoisotopic (exact) mass is 458 g/mol. The van der Waals surface area contributed by atoms with Crippen molar-refractivity contribution in [1.82, 2.24) is 5.32 Å². The number of rotatable bonds is 2. The number of urea groups is 1. The molecule has 7 nitrogen and oxygen atoms in total. The van der Waals surface area contributed by atoms with Gasteiger partial charge in [0.1, 0.15) is 36.9 Å². The molecule has 3 aliphatic heterocycles. The molecule has 0 aliphatic carbocycles. The van der Waals surface area contributed by atoms with Crippen LogP contribution in [0.15, 0.2) is 52.9 Å². The first kappa shape index (κ1) is 19.8. The zero-order valence-corrected chi connectivity index (χ0v) is 17.1. The van der Waals surface area contributed by atoms with Gasteiger partial charge in [0.2, 0.25) is 5.76 Å². The molecule has 1 N–H and O–H groups in total. The van der Waals surface area contributed by atoms with Gasteiger partial charge in [-0.3, -0.25) is 4.90 Å². The van der Waals surface area contributed by atoms with Gasteiger partial charge in [-0.15, -0.1) is 0 Å². The van der Waals surface area contributed by atoms with E-state index in [-0.39, 0.29) is 18.9 Å². The fourth-order valence-electron chi connectivity index (χ4n) is 4.54. The molecule has 0 fully saturated rings. The number of amides is 2. The second-order valence-corrected chi connectivity index (χ2v) is 7.98. The molecule has 10 heteroatoms. The van der Waals surface area contributed by atoms with Crippen molar-refractivity contribution in [3.05, 3.63) is 71.2 Å². The Morgan fingerprint density at radius 2 is 1.70 bits per heavy atom. The highest BCUT2D eigenvalue weighted by molar-refractivity contribution is 5.97. The Balaban J connectivity index is 1.41. The van der Waals surface area contributed by atoms with Crippen LogP contribution in [0.1, 0.15) is 22.6 Å². The summed E-state index contributed by atoms with van der Waals surface area (Å²) < 4.78 is 61.1. The van der Waals surface area contributed by atoms with Crippen LogP contribution in [0, 0.1) is 0 Å². The van der Waals surface area contributed by atoms with Gasteiger partial charge in [0, 0.05) is 17.2 Å². The first-order valence-corrected chi connectivity index (χ1v) is 10.3. The zero-order valence-electron chi connectivity index (χ0n) is 17.1. The first-order valence-electron chi connectivity index (χ1n) is 10.3. The summed E-state index contributed by atoms with van der Waals surface area (Å²) in [6.45, 7) is 0.846. The highest BCUT2D eigenvalue weighted by atomic mass is 19.4. The molecule has 0 bridgehead atoms. The molecule has 0 saturated carbocycles. The number of nitrogens with zero attached hydrogens (tertiary/aromatic N) is 1. The number of benzene rings is 2. The molecular weight excluding hydrogens is 441 g/mol. The van der Waals surface area contributed by atoms with Crippen molar-refractivity contribution >= 4 is 11.7 Å². The number of hydrogen-bond donors (Lipinski definition) is 1. The molecular formula is C23H17F3N2O5. The summed E-state index contributed by atoms with van der Waals surface area (Å²) in [5, 5.41) is 3.02. The highest BCUT2D eigenvalue weighted by Crippen LogP contribution is 2.51. The predicted octanol–water partition coefficient (Wildman–Crippen LogP) is 4.44. The van der Waals surface area contributed by atoms with Crippen LogP contribution in [0.3, 0.4) is 0 Å². The molecule has 2 aromatic carbocycles. The van der Waals surface area contributed by atoms with E-state index in [1.807, 2.05) is 18.2 Å². The lowest BCUT2D eigenvalue weighted by molar-refractivity contribution is -0.153. The van der Waals surface area contributed by atoms with Crippen LogP contribution < -0.4 is 24.4 Å². The largest absolute Gasteiger partial charge is 0.490 e. The fraction of sp³-hybridized carbons (Fsp3) is 0.261. The van der Waals surface area contributed by atoms with E-state index in [1.54, 1.807) is 18.2 Å². The molecule has 3 aromatic rings. The average molecular weight is 458 g/mol. The summed E-state index contributed by atoms with van der Waals surface area (Å²) in [5.41, 5.74) is 1.06. The van der Waals surface area contributed by atoms with Crippen LogP contribution in [0.2, 0.25) is 0 Å². The Morgan fingerprint density at radius 3 is 2.45 bits per heavy atom. The fourth-order valence-corrected chi connectivity index (χ4v) is 4.54. The third-order valence-electron chi connectivity index (χ3n) is 6.02. The van der Waals surface area contributed by atoms with Crippen molar-refractivity contribution in [2.75, 3.05) is 24.7 Å². The van der Waals surface area contributed by atoms with Crippen LogP contribution in [0.25, 0.3) is 0 Å². The first-order chi connectivity index (χ1) is 15.8. The van der Waals surface area contributed by atoms with E-state index in [4.69, 9.17) is 18.6 Å². The Morgan fingerprint density at radius 1 is 0.939 bits per heavy atom. The number of fused-ring (bicyclic) bond motifs is 5. The molecule has 3 aliphatic rings. The minimum atomic E-state index is -4.60. The summed E-state index contributed by atoms with van der Waals surface area (Å²) in [5.74, 6) is 0.626. The number of nitrogens with one attached hydrogen (secondary N) is 1. The summed E-state index contributed by atoms with van der Waals surface area (Å²) in [6, 6.07) is 12.4. The third-order valence-corrected chi connectivity index (χ3v) is 6.02. The normalized spacial score (nSPS) is 20.8. The van der Waals surface area contributed by atoms with Crippen molar-refractivity contribution in [3.8, 4) is 17.2 Å². The average Bonchev–Trinajstić information content (AvgIpc) is 3.41. The topological polar surface area (TPSA) is 73.2 Å². The van der Waals surface area contributed by atoms with Crippen molar-refractivity contribution in [2.45, 2.75) is 18.3 Å². The lowest BCUT2D eigenvalue weighted by atomic mass is 9.81. The maximum atomic E-state index is 13.3. The molecule has 1 spiro atoms. The molecule has 6 rings (SSSR count). The maximum absolute atomic E-state index is 13.3. The molecule has 0 saturated heterocycles. The van der Waals surface area contributed by atoms with E-state index in [0.717, 1.165) is 17.2 Å². The van der Waals surface area contributed by atoms with E-state index in [0.29, 0.717) is 36.1 Å². The Kier molecular flexibility index (Phi) is 4.11. The van der Waals surface area contributed by atoms with Gasteiger partial charge in [0.05, 0.1) is 12.2 Å². The summed E-state index contributed by atoms with van der Waals surface area (Å²) in [7, 11) is 0. The second kappa shape index (κ2) is 6.84.